The number of β-amino-alcohol motifs (C(OH)–C–C–N with tert-alkyl or cyclic N) is 1. The number of likely N-dealkylation sites (N-methyl/N-ethyl adjacent to an activating group) is 1. The normalized spacial score (nSPS) is 22.1. The lowest BCUT2D eigenvalue weighted by Gasteiger charge is -2.28. The number of nitro benzene ring substituents is 1. The van der Waals surface area contributed by atoms with Crippen LogP contribution in [0.1, 0.15) is 6.42 Å². The number of nitro groups is 1. The fourth-order valence-corrected chi connectivity index (χ4v) is 2.71. The van der Waals surface area contributed by atoms with Gasteiger partial charge in [-0.1, -0.05) is 0 Å². The smallest absolute Gasteiger partial charge is 0.295 e. The number of aliphatic hydroxyl groups is 1. The molecule has 116 valence electrons. The largest absolute Gasteiger partial charge is 0.391 e. The molecule has 0 amide bonds. The van der Waals surface area contributed by atoms with Crippen LogP contribution in [0.2, 0.25) is 0 Å². The minimum Gasteiger partial charge on any atom is -0.391 e. The van der Waals surface area contributed by atoms with E-state index in [0.717, 1.165) is 12.1 Å². The standard InChI is InChI=1S/C13H17F2N3O3/c1-16(2)6-8-5-9(19)7-17(8)13-11(18(20)21)4-3-10(14)12(13)15/h3-4,8-9,19H,5-7H2,1-2H3. The van der Waals surface area contributed by atoms with Crippen LogP contribution in [0.3, 0.4) is 0 Å². The molecule has 6 nitrogen and oxygen atoms in total. The van der Waals surface area contributed by atoms with Crippen molar-refractivity contribution < 1.29 is 18.8 Å². The van der Waals surface area contributed by atoms with Crippen LogP contribution in [0.5, 0.6) is 0 Å². The highest BCUT2D eigenvalue weighted by Gasteiger charge is 2.37. The SMILES string of the molecule is CN(C)CC1CC(O)CN1c1c([N+](=O)[O-])ccc(F)c1F. The van der Waals surface area contributed by atoms with Crippen molar-refractivity contribution in [3.05, 3.63) is 33.9 Å². The molecule has 0 bridgehead atoms. The van der Waals surface area contributed by atoms with Crippen LogP contribution in [0.4, 0.5) is 20.2 Å². The Morgan fingerprint density at radius 2 is 2.14 bits per heavy atom. The number of hydrogen-bond acceptors (Lipinski definition) is 5. The minimum atomic E-state index is -1.25. The summed E-state index contributed by atoms with van der Waals surface area (Å²) in [6, 6.07) is 1.38. The average molecular weight is 301 g/mol. The maximum absolute atomic E-state index is 14.1. The van der Waals surface area contributed by atoms with Gasteiger partial charge < -0.3 is 14.9 Å². The van der Waals surface area contributed by atoms with E-state index in [0.29, 0.717) is 13.0 Å². The molecule has 0 radical (unpaired) electrons. The Morgan fingerprint density at radius 1 is 1.48 bits per heavy atom. The van der Waals surface area contributed by atoms with Crippen molar-refractivity contribution in [3.8, 4) is 0 Å². The highest BCUT2D eigenvalue weighted by molar-refractivity contribution is 5.65. The van der Waals surface area contributed by atoms with Crippen molar-refractivity contribution >= 4 is 11.4 Å². The van der Waals surface area contributed by atoms with E-state index in [1.807, 2.05) is 4.90 Å². The number of aliphatic hydroxyl groups excluding tert-OH is 1. The van der Waals surface area contributed by atoms with E-state index in [9.17, 15) is 24.0 Å². The molecule has 1 heterocycles. The highest BCUT2D eigenvalue weighted by Crippen LogP contribution is 2.37. The van der Waals surface area contributed by atoms with Crippen LogP contribution in [0.25, 0.3) is 0 Å². The second-order valence-electron chi connectivity index (χ2n) is 5.44. The number of anilines is 1. The number of nitrogens with zero attached hydrogens (tertiary/aromatic N) is 3. The predicted octanol–water partition coefficient (Wildman–Crippen LogP) is 1.37. The van der Waals surface area contributed by atoms with E-state index in [1.54, 1.807) is 14.1 Å². The van der Waals surface area contributed by atoms with Crippen molar-refractivity contribution in [1.82, 2.24) is 4.90 Å². The molecular formula is C13H17F2N3O3. The Morgan fingerprint density at radius 3 is 2.71 bits per heavy atom. The summed E-state index contributed by atoms with van der Waals surface area (Å²) in [6.07, 6.45) is -0.372. The molecule has 0 aromatic heterocycles. The summed E-state index contributed by atoms with van der Waals surface area (Å²) < 4.78 is 27.6. The minimum absolute atomic E-state index is 0.0414. The van der Waals surface area contributed by atoms with Crippen LogP contribution < -0.4 is 4.90 Å². The first kappa shape index (κ1) is 15.6. The first-order valence-electron chi connectivity index (χ1n) is 6.53. The van der Waals surface area contributed by atoms with Crippen molar-refractivity contribution in [2.45, 2.75) is 18.6 Å². The predicted molar refractivity (Wildman–Crippen MR) is 73.3 cm³/mol. The van der Waals surface area contributed by atoms with Gasteiger partial charge in [-0.2, -0.15) is 0 Å². The quantitative estimate of drug-likeness (QED) is 0.672. The molecule has 2 unspecified atom stereocenters. The number of halogens is 2. The van der Waals surface area contributed by atoms with Crippen molar-refractivity contribution in [2.75, 3.05) is 32.1 Å². The molecule has 0 spiro atoms. The third kappa shape index (κ3) is 3.11. The van der Waals surface area contributed by atoms with Crippen molar-refractivity contribution in [2.24, 2.45) is 0 Å². The van der Waals surface area contributed by atoms with Gasteiger partial charge in [0.1, 0.15) is 0 Å². The van der Waals surface area contributed by atoms with E-state index >= 15 is 0 Å². The molecule has 8 heteroatoms. The van der Waals surface area contributed by atoms with E-state index in [2.05, 4.69) is 0 Å². The summed E-state index contributed by atoms with van der Waals surface area (Å²) in [7, 11) is 3.61. The zero-order valence-corrected chi connectivity index (χ0v) is 11.8. The maximum Gasteiger partial charge on any atom is 0.295 e. The van der Waals surface area contributed by atoms with E-state index in [-0.39, 0.29) is 18.3 Å². The van der Waals surface area contributed by atoms with Crippen LogP contribution >= 0.6 is 0 Å². The molecule has 1 fully saturated rings. The number of benzene rings is 1. The third-order valence-electron chi connectivity index (χ3n) is 3.50. The Hall–Kier alpha value is -1.80. The fourth-order valence-electron chi connectivity index (χ4n) is 2.71. The lowest BCUT2D eigenvalue weighted by molar-refractivity contribution is -0.384. The number of rotatable bonds is 4. The van der Waals surface area contributed by atoms with Crippen LogP contribution in [0.15, 0.2) is 12.1 Å². The van der Waals surface area contributed by atoms with Gasteiger partial charge in [-0.05, 0) is 26.6 Å². The monoisotopic (exact) mass is 301 g/mol. The Balaban J connectivity index is 2.48. The van der Waals surface area contributed by atoms with E-state index in [4.69, 9.17) is 0 Å². The van der Waals surface area contributed by atoms with Gasteiger partial charge in [0, 0.05) is 25.2 Å². The summed E-state index contributed by atoms with van der Waals surface area (Å²) in [5, 5.41) is 20.9. The number of hydrogen-bond donors (Lipinski definition) is 1. The molecule has 21 heavy (non-hydrogen) atoms. The molecule has 1 aromatic rings. The van der Waals surface area contributed by atoms with Gasteiger partial charge in [0.25, 0.3) is 5.69 Å². The van der Waals surface area contributed by atoms with Gasteiger partial charge >= 0.3 is 0 Å². The van der Waals surface area contributed by atoms with Gasteiger partial charge in [0.2, 0.25) is 0 Å². The molecule has 0 saturated carbocycles. The molecule has 1 N–H and O–H groups in total. The topological polar surface area (TPSA) is 69.8 Å². The molecule has 1 saturated heterocycles. The molecule has 1 aliphatic rings. The van der Waals surface area contributed by atoms with Crippen molar-refractivity contribution in [3.63, 3.8) is 0 Å². The summed E-state index contributed by atoms with van der Waals surface area (Å²) in [6.45, 7) is 0.518. The van der Waals surface area contributed by atoms with Gasteiger partial charge in [-0.3, -0.25) is 10.1 Å². The molecule has 2 atom stereocenters. The third-order valence-corrected chi connectivity index (χ3v) is 3.50. The summed E-state index contributed by atoms with van der Waals surface area (Å²) in [4.78, 5) is 13.6. The Bertz CT molecular complexity index is 554. The van der Waals surface area contributed by atoms with E-state index in [1.165, 1.54) is 4.90 Å². The second kappa shape index (κ2) is 5.90. The maximum atomic E-state index is 14.1. The lowest BCUT2D eigenvalue weighted by Crippen LogP contribution is -2.38. The van der Waals surface area contributed by atoms with Gasteiger partial charge in [-0.15, -0.1) is 0 Å². The molecule has 1 aliphatic heterocycles. The zero-order valence-electron chi connectivity index (χ0n) is 11.8. The summed E-state index contributed by atoms with van der Waals surface area (Å²) in [5.41, 5.74) is -0.879. The first-order valence-corrected chi connectivity index (χ1v) is 6.53. The van der Waals surface area contributed by atoms with Crippen LogP contribution in [-0.4, -0.2) is 54.3 Å². The molecule has 0 aliphatic carbocycles. The molecule has 1 aromatic carbocycles. The van der Waals surface area contributed by atoms with Gasteiger partial charge in [-0.25, -0.2) is 8.78 Å². The summed E-state index contributed by atoms with van der Waals surface area (Å²) in [5.74, 6) is -2.39. The molecular weight excluding hydrogens is 284 g/mol. The van der Waals surface area contributed by atoms with Gasteiger partial charge in [0.15, 0.2) is 17.3 Å². The van der Waals surface area contributed by atoms with Crippen molar-refractivity contribution in [1.29, 1.82) is 0 Å². The van der Waals surface area contributed by atoms with Crippen LogP contribution in [-0.2, 0) is 0 Å². The second-order valence-corrected chi connectivity index (χ2v) is 5.44. The zero-order chi connectivity index (χ0) is 15.7. The van der Waals surface area contributed by atoms with Crippen LogP contribution in [0, 0.1) is 21.7 Å². The Labute approximate surface area is 120 Å². The van der Waals surface area contributed by atoms with Gasteiger partial charge in [0.05, 0.1) is 11.0 Å². The first-order chi connectivity index (χ1) is 9.81. The summed E-state index contributed by atoms with van der Waals surface area (Å²) >= 11 is 0. The van der Waals surface area contributed by atoms with E-state index < -0.39 is 28.3 Å². The average Bonchev–Trinajstić information content (AvgIpc) is 2.71. The fraction of sp³-hybridized carbons (Fsp3) is 0.538. The highest BCUT2D eigenvalue weighted by atomic mass is 19.2. The lowest BCUT2D eigenvalue weighted by atomic mass is 10.1. The Kier molecular flexibility index (Phi) is 4.38. The molecule has 2 rings (SSSR count).